The number of ketones is 1. The van der Waals surface area contributed by atoms with Crippen LogP contribution < -0.4 is 10.9 Å². The normalized spacial score (nSPS) is 18.3. The molecule has 3 aromatic rings. The Balaban J connectivity index is 1.48. The van der Waals surface area contributed by atoms with Crippen molar-refractivity contribution >= 4 is 28.5 Å². The number of fused-ring (bicyclic) bond motifs is 2. The first kappa shape index (κ1) is 22.2. The van der Waals surface area contributed by atoms with Crippen molar-refractivity contribution in [2.75, 3.05) is 26.0 Å². The fourth-order valence-corrected chi connectivity index (χ4v) is 5.38. The maximum absolute atomic E-state index is 13.0. The van der Waals surface area contributed by atoms with E-state index in [2.05, 4.69) is 20.2 Å². The van der Waals surface area contributed by atoms with Crippen LogP contribution in [0.2, 0.25) is 0 Å². The highest BCUT2D eigenvalue weighted by molar-refractivity contribution is 5.99. The van der Waals surface area contributed by atoms with Crippen LogP contribution >= 0.6 is 0 Å². The molecule has 1 unspecified atom stereocenters. The van der Waals surface area contributed by atoms with Crippen molar-refractivity contribution in [3.8, 4) is 6.07 Å². The third-order valence-corrected chi connectivity index (χ3v) is 6.86. The number of aromatic nitrogens is 3. The number of nitrogens with one attached hydrogen (secondary N) is 1. The number of pyridine rings is 1. The van der Waals surface area contributed by atoms with Crippen molar-refractivity contribution in [2.45, 2.75) is 44.6 Å². The SMILES string of the molecule is CN(C)CC1CC(=O)c2cc(Nc3ncc4cc(C#N)c(=O)n(C5CCCC5)c4n3)ccc2C1. The Morgan fingerprint density at radius 2 is 1.97 bits per heavy atom. The maximum Gasteiger partial charge on any atom is 0.270 e. The lowest BCUT2D eigenvalue weighted by molar-refractivity contribution is 0.0939. The molecule has 0 aliphatic heterocycles. The first-order chi connectivity index (χ1) is 16.4. The van der Waals surface area contributed by atoms with Crippen LogP contribution in [0.5, 0.6) is 0 Å². The predicted octanol–water partition coefficient (Wildman–Crippen LogP) is 3.83. The van der Waals surface area contributed by atoms with E-state index < -0.39 is 0 Å². The number of carbonyl (C=O) groups excluding carboxylic acids is 1. The number of benzene rings is 1. The summed E-state index contributed by atoms with van der Waals surface area (Å²) in [4.78, 5) is 37.0. The van der Waals surface area contributed by atoms with E-state index in [0.717, 1.165) is 55.5 Å². The number of Topliss-reactive ketones (excluding diaryl/α,β-unsaturated/α-hetero) is 1. The van der Waals surface area contributed by atoms with Crippen molar-refractivity contribution in [2.24, 2.45) is 5.92 Å². The fraction of sp³-hybridized carbons (Fsp3) is 0.423. The summed E-state index contributed by atoms with van der Waals surface area (Å²) < 4.78 is 1.68. The Hall–Kier alpha value is -3.57. The summed E-state index contributed by atoms with van der Waals surface area (Å²) in [6, 6.07) is 9.45. The van der Waals surface area contributed by atoms with Gasteiger partial charge in [0.05, 0.1) is 0 Å². The molecule has 0 saturated heterocycles. The van der Waals surface area contributed by atoms with E-state index in [9.17, 15) is 14.9 Å². The zero-order valence-corrected chi connectivity index (χ0v) is 19.5. The molecule has 5 rings (SSSR count). The van der Waals surface area contributed by atoms with E-state index >= 15 is 0 Å². The van der Waals surface area contributed by atoms with Crippen LogP contribution in [0.3, 0.4) is 0 Å². The number of hydrogen-bond donors (Lipinski definition) is 1. The molecular weight excluding hydrogens is 428 g/mol. The van der Waals surface area contributed by atoms with Gasteiger partial charge < -0.3 is 10.2 Å². The van der Waals surface area contributed by atoms with Gasteiger partial charge in [-0.2, -0.15) is 10.2 Å². The van der Waals surface area contributed by atoms with E-state index in [1.54, 1.807) is 16.8 Å². The van der Waals surface area contributed by atoms with E-state index in [4.69, 9.17) is 0 Å². The van der Waals surface area contributed by atoms with Gasteiger partial charge in [-0.3, -0.25) is 14.2 Å². The summed E-state index contributed by atoms with van der Waals surface area (Å²) in [7, 11) is 4.06. The second-order valence-electron chi connectivity index (χ2n) is 9.71. The van der Waals surface area contributed by atoms with Gasteiger partial charge in [-0.25, -0.2) is 4.98 Å². The summed E-state index contributed by atoms with van der Waals surface area (Å²) in [6.45, 7) is 0.895. The molecule has 0 amide bonds. The van der Waals surface area contributed by atoms with E-state index in [-0.39, 0.29) is 22.9 Å². The summed E-state index contributed by atoms with van der Waals surface area (Å²) >= 11 is 0. The lowest BCUT2D eigenvalue weighted by Crippen LogP contribution is -2.29. The summed E-state index contributed by atoms with van der Waals surface area (Å²) in [6.07, 6.45) is 7.01. The zero-order chi connectivity index (χ0) is 23.8. The van der Waals surface area contributed by atoms with Crippen LogP contribution in [-0.2, 0) is 6.42 Å². The van der Waals surface area contributed by atoms with Gasteiger partial charge in [0.15, 0.2) is 5.78 Å². The molecule has 1 N–H and O–H groups in total. The highest BCUT2D eigenvalue weighted by Crippen LogP contribution is 2.32. The molecule has 0 bridgehead atoms. The average Bonchev–Trinajstić information content (AvgIpc) is 3.33. The minimum atomic E-state index is -0.293. The van der Waals surface area contributed by atoms with Crippen LogP contribution in [0.4, 0.5) is 11.6 Å². The lowest BCUT2D eigenvalue weighted by Gasteiger charge is -2.26. The molecule has 2 aromatic heterocycles. The minimum Gasteiger partial charge on any atom is -0.324 e. The average molecular weight is 457 g/mol. The molecule has 8 heteroatoms. The molecule has 34 heavy (non-hydrogen) atoms. The van der Waals surface area contributed by atoms with E-state index in [1.165, 1.54) is 0 Å². The molecule has 0 spiro atoms. The second kappa shape index (κ2) is 8.99. The number of rotatable bonds is 5. The standard InChI is InChI=1S/C26H28N6O2/c1-31(2)15-16-9-17-7-8-20(12-22(17)23(33)10-16)29-26-28-14-19-11-18(13-27)25(34)32(24(19)30-26)21-5-3-4-6-21/h7-8,11-12,14,16,21H,3-6,9-10,15H2,1-2H3,(H,28,29,30). The molecule has 2 aliphatic rings. The first-order valence-corrected chi connectivity index (χ1v) is 11.8. The molecule has 1 aromatic carbocycles. The Labute approximate surface area is 198 Å². The number of hydrogen-bond acceptors (Lipinski definition) is 7. The minimum absolute atomic E-state index is 0.0440. The van der Waals surface area contributed by atoms with Crippen LogP contribution in [0, 0.1) is 17.2 Å². The van der Waals surface area contributed by atoms with Crippen LogP contribution in [0.25, 0.3) is 11.0 Å². The quantitative estimate of drug-likeness (QED) is 0.622. The molecule has 2 heterocycles. The van der Waals surface area contributed by atoms with Gasteiger partial charge in [-0.1, -0.05) is 18.9 Å². The largest absolute Gasteiger partial charge is 0.324 e. The number of anilines is 2. The van der Waals surface area contributed by atoms with Gasteiger partial charge in [0.1, 0.15) is 17.3 Å². The highest BCUT2D eigenvalue weighted by atomic mass is 16.1. The third-order valence-electron chi connectivity index (χ3n) is 6.86. The van der Waals surface area contributed by atoms with Gasteiger partial charge in [-0.15, -0.1) is 0 Å². The second-order valence-corrected chi connectivity index (χ2v) is 9.71. The van der Waals surface area contributed by atoms with Crippen molar-refractivity contribution < 1.29 is 4.79 Å². The Morgan fingerprint density at radius 3 is 2.71 bits per heavy atom. The third kappa shape index (κ3) is 4.19. The summed E-state index contributed by atoms with van der Waals surface area (Å²) in [5, 5.41) is 13.3. The summed E-state index contributed by atoms with van der Waals surface area (Å²) in [5.41, 5.74) is 2.92. The van der Waals surface area contributed by atoms with Crippen molar-refractivity contribution in [3.63, 3.8) is 0 Å². The zero-order valence-electron chi connectivity index (χ0n) is 19.5. The smallest absolute Gasteiger partial charge is 0.270 e. The number of nitrogens with zero attached hydrogens (tertiary/aromatic N) is 5. The molecular formula is C26H28N6O2. The highest BCUT2D eigenvalue weighted by Gasteiger charge is 2.26. The number of nitriles is 1. The van der Waals surface area contributed by atoms with Gasteiger partial charge in [0.25, 0.3) is 5.56 Å². The van der Waals surface area contributed by atoms with Crippen LogP contribution in [0.1, 0.15) is 59.6 Å². The lowest BCUT2D eigenvalue weighted by atomic mass is 9.82. The Morgan fingerprint density at radius 1 is 1.18 bits per heavy atom. The van der Waals surface area contributed by atoms with E-state index in [1.807, 2.05) is 38.4 Å². The van der Waals surface area contributed by atoms with E-state index in [0.29, 0.717) is 29.3 Å². The van der Waals surface area contributed by atoms with Crippen molar-refractivity contribution in [3.05, 3.63) is 57.5 Å². The van der Waals surface area contributed by atoms with Crippen molar-refractivity contribution in [1.82, 2.24) is 19.4 Å². The molecule has 0 radical (unpaired) electrons. The molecule has 2 aliphatic carbocycles. The summed E-state index contributed by atoms with van der Waals surface area (Å²) in [5.74, 6) is 0.857. The van der Waals surface area contributed by atoms with Gasteiger partial charge in [0, 0.05) is 41.8 Å². The molecule has 1 saturated carbocycles. The van der Waals surface area contributed by atoms with Crippen molar-refractivity contribution in [1.29, 1.82) is 5.26 Å². The monoisotopic (exact) mass is 456 g/mol. The van der Waals surface area contributed by atoms with Gasteiger partial charge >= 0.3 is 0 Å². The molecule has 8 nitrogen and oxygen atoms in total. The molecule has 174 valence electrons. The predicted molar refractivity (Wildman–Crippen MR) is 130 cm³/mol. The first-order valence-electron chi connectivity index (χ1n) is 11.8. The fourth-order valence-electron chi connectivity index (χ4n) is 5.38. The molecule has 1 atom stereocenters. The number of carbonyl (C=O) groups is 1. The van der Waals surface area contributed by atoms with Gasteiger partial charge in [-0.05, 0) is 63.0 Å². The van der Waals surface area contributed by atoms with Crippen LogP contribution in [0.15, 0.2) is 35.3 Å². The Bertz CT molecular complexity index is 1360. The molecule has 1 fully saturated rings. The maximum atomic E-state index is 13.0. The Kier molecular flexibility index (Phi) is 5.88. The van der Waals surface area contributed by atoms with Gasteiger partial charge in [0.2, 0.25) is 5.95 Å². The topological polar surface area (TPSA) is 104 Å². The van der Waals surface area contributed by atoms with Crippen LogP contribution in [-0.4, -0.2) is 45.9 Å².